The molecule has 1 unspecified atom stereocenters. The van der Waals surface area contributed by atoms with Crippen LogP contribution < -0.4 is 8.92 Å². The molecule has 0 aromatic heterocycles. The summed E-state index contributed by atoms with van der Waals surface area (Å²) in [6.07, 6.45) is 1.09. The van der Waals surface area contributed by atoms with E-state index in [1.54, 1.807) is 8.94 Å². The second kappa shape index (κ2) is 11.5. The average Bonchev–Trinajstić information content (AvgIpc) is 3.31. The summed E-state index contributed by atoms with van der Waals surface area (Å²) in [6.45, 7) is 4.36. The first kappa shape index (κ1) is 26.1. The first-order valence-electron chi connectivity index (χ1n) is 13.5. The van der Waals surface area contributed by atoms with Crippen molar-refractivity contribution in [3.05, 3.63) is 176 Å². The molecule has 39 heavy (non-hydrogen) atoms. The standard InChI is InChI=1S/C37H32Se2/c1-27-18-22-32(23-19-27)38-35-26-34(29-12-6-3-7-13-29)37(30-14-8-4-9-15-30,31-16-10-5-11-17-31)36(35)39-33-24-20-28(2)21-25-33/h3-25,34H,26H2,1-2H3. The van der Waals surface area contributed by atoms with E-state index >= 15 is 0 Å². The summed E-state index contributed by atoms with van der Waals surface area (Å²) in [5, 5.41) is 0. The average molecular weight is 635 g/mol. The fraction of sp³-hybridized carbons (Fsp3) is 0.135. The van der Waals surface area contributed by atoms with Gasteiger partial charge in [-0.15, -0.1) is 0 Å². The van der Waals surface area contributed by atoms with Crippen molar-refractivity contribution in [2.75, 3.05) is 0 Å². The summed E-state index contributed by atoms with van der Waals surface area (Å²) >= 11 is 0.443. The van der Waals surface area contributed by atoms with Gasteiger partial charge < -0.3 is 0 Å². The van der Waals surface area contributed by atoms with Crippen molar-refractivity contribution in [3.8, 4) is 0 Å². The zero-order valence-corrected chi connectivity index (χ0v) is 25.8. The van der Waals surface area contributed by atoms with Crippen LogP contribution in [0.3, 0.4) is 0 Å². The Hall–Kier alpha value is -3.12. The third kappa shape index (κ3) is 5.23. The number of hydrogen-bond acceptors (Lipinski definition) is 0. The molecule has 0 radical (unpaired) electrons. The summed E-state index contributed by atoms with van der Waals surface area (Å²) in [4.78, 5) is 0. The van der Waals surface area contributed by atoms with Crippen LogP contribution in [0.5, 0.6) is 0 Å². The molecule has 2 heteroatoms. The van der Waals surface area contributed by atoms with E-state index < -0.39 is 0 Å². The molecule has 0 fully saturated rings. The van der Waals surface area contributed by atoms with Gasteiger partial charge in [-0.1, -0.05) is 0 Å². The van der Waals surface area contributed by atoms with E-state index in [2.05, 4.69) is 153 Å². The number of allylic oxidation sites excluding steroid dienone is 2. The third-order valence-electron chi connectivity index (χ3n) is 7.69. The minimum absolute atomic E-state index is 0.185. The van der Waals surface area contributed by atoms with Crippen LogP contribution in [-0.2, 0) is 5.41 Å². The Balaban J connectivity index is 1.63. The predicted octanol–water partition coefficient (Wildman–Crippen LogP) is 7.05. The second-order valence-corrected chi connectivity index (χ2v) is 15.0. The summed E-state index contributed by atoms with van der Waals surface area (Å²) in [5.41, 5.74) is 6.67. The van der Waals surface area contributed by atoms with Crippen molar-refractivity contribution in [3.63, 3.8) is 0 Å². The zero-order chi connectivity index (χ0) is 26.7. The number of benzene rings is 5. The molecule has 0 spiro atoms. The summed E-state index contributed by atoms with van der Waals surface area (Å²) < 4.78 is 6.22. The van der Waals surface area contributed by atoms with Gasteiger partial charge in [-0.25, -0.2) is 0 Å². The first-order chi connectivity index (χ1) is 19.1. The SMILES string of the molecule is Cc1ccc([Se]C2=C([Se]c3ccc(C)cc3)C(c3ccccc3)(c3ccccc3)C(c3ccccc3)C2)cc1. The molecule has 1 atom stereocenters. The topological polar surface area (TPSA) is 0 Å². The fourth-order valence-electron chi connectivity index (χ4n) is 5.79. The van der Waals surface area contributed by atoms with Crippen molar-refractivity contribution in [2.45, 2.75) is 31.6 Å². The van der Waals surface area contributed by atoms with Crippen LogP contribution in [0.2, 0.25) is 0 Å². The molecule has 0 N–H and O–H groups in total. The van der Waals surface area contributed by atoms with Crippen LogP contribution in [0, 0.1) is 13.8 Å². The Morgan fingerprint density at radius 1 is 0.513 bits per heavy atom. The van der Waals surface area contributed by atoms with E-state index in [-0.39, 0.29) is 35.3 Å². The fourth-order valence-corrected chi connectivity index (χ4v) is 11.5. The molecular formula is C37H32Se2. The van der Waals surface area contributed by atoms with Crippen molar-refractivity contribution >= 4 is 38.8 Å². The quantitative estimate of drug-likeness (QED) is 0.169. The Morgan fingerprint density at radius 2 is 0.949 bits per heavy atom. The molecule has 1 aliphatic rings. The molecule has 6 rings (SSSR count). The molecule has 0 nitrogen and oxygen atoms in total. The van der Waals surface area contributed by atoms with Gasteiger partial charge >= 0.3 is 247 Å². The van der Waals surface area contributed by atoms with E-state index in [9.17, 15) is 0 Å². The van der Waals surface area contributed by atoms with Crippen molar-refractivity contribution in [2.24, 2.45) is 0 Å². The van der Waals surface area contributed by atoms with Crippen LogP contribution in [0.1, 0.15) is 40.2 Å². The van der Waals surface area contributed by atoms with E-state index in [4.69, 9.17) is 0 Å². The Bertz CT molecular complexity index is 1510. The second-order valence-electron chi connectivity index (χ2n) is 10.3. The Kier molecular flexibility index (Phi) is 7.73. The van der Waals surface area contributed by atoms with Gasteiger partial charge in [0, 0.05) is 0 Å². The van der Waals surface area contributed by atoms with Crippen molar-refractivity contribution in [1.82, 2.24) is 0 Å². The monoisotopic (exact) mass is 636 g/mol. The summed E-state index contributed by atoms with van der Waals surface area (Å²) in [5.74, 6) is 0.341. The van der Waals surface area contributed by atoms with Gasteiger partial charge in [0.05, 0.1) is 0 Å². The number of rotatable bonds is 7. The van der Waals surface area contributed by atoms with Gasteiger partial charge in [-0.2, -0.15) is 0 Å². The molecule has 0 saturated heterocycles. The van der Waals surface area contributed by atoms with Crippen LogP contribution >= 0.6 is 0 Å². The third-order valence-corrected chi connectivity index (χ3v) is 13.4. The summed E-state index contributed by atoms with van der Waals surface area (Å²) in [6, 6.07) is 52.5. The normalized spacial score (nSPS) is 16.4. The molecule has 0 bridgehead atoms. The first-order valence-corrected chi connectivity index (χ1v) is 17.0. The maximum absolute atomic E-state index is 2.37. The summed E-state index contributed by atoms with van der Waals surface area (Å²) in [7, 11) is 0. The molecule has 5 aromatic carbocycles. The Labute approximate surface area is 245 Å². The predicted molar refractivity (Wildman–Crippen MR) is 168 cm³/mol. The van der Waals surface area contributed by atoms with Gasteiger partial charge in [0.1, 0.15) is 0 Å². The van der Waals surface area contributed by atoms with Crippen molar-refractivity contribution < 1.29 is 0 Å². The van der Waals surface area contributed by atoms with Gasteiger partial charge in [0.15, 0.2) is 0 Å². The van der Waals surface area contributed by atoms with Gasteiger partial charge in [0.2, 0.25) is 0 Å². The van der Waals surface area contributed by atoms with Crippen LogP contribution in [0.25, 0.3) is 0 Å². The molecule has 0 saturated carbocycles. The molecule has 0 heterocycles. The van der Waals surface area contributed by atoms with E-state index in [1.165, 1.54) is 36.7 Å². The van der Waals surface area contributed by atoms with Gasteiger partial charge in [0.25, 0.3) is 0 Å². The Morgan fingerprint density at radius 3 is 1.44 bits per heavy atom. The molecule has 5 aromatic rings. The van der Waals surface area contributed by atoms with E-state index in [0.717, 1.165) is 6.42 Å². The molecule has 192 valence electrons. The molecule has 0 amide bonds. The van der Waals surface area contributed by atoms with Crippen LogP contribution in [-0.4, -0.2) is 29.9 Å². The number of hydrogen-bond donors (Lipinski definition) is 0. The maximum atomic E-state index is 2.37. The van der Waals surface area contributed by atoms with E-state index in [0.29, 0.717) is 5.92 Å². The van der Waals surface area contributed by atoms with Crippen molar-refractivity contribution in [1.29, 1.82) is 0 Å². The van der Waals surface area contributed by atoms with E-state index in [1.807, 2.05) is 0 Å². The zero-order valence-electron chi connectivity index (χ0n) is 22.4. The van der Waals surface area contributed by atoms with Gasteiger partial charge in [-0.3, -0.25) is 0 Å². The molecule has 1 aliphatic carbocycles. The van der Waals surface area contributed by atoms with Crippen LogP contribution in [0.15, 0.2) is 148 Å². The van der Waals surface area contributed by atoms with Crippen LogP contribution in [0.4, 0.5) is 0 Å². The number of aryl methyl sites for hydroxylation is 2. The molecule has 0 aliphatic heterocycles. The molecular weight excluding hydrogens is 602 g/mol. The minimum atomic E-state index is -0.212. The van der Waals surface area contributed by atoms with Gasteiger partial charge in [-0.05, 0) is 0 Å².